The molecule has 0 unspecified atom stereocenters. The summed E-state index contributed by atoms with van der Waals surface area (Å²) < 4.78 is 70.7. The van der Waals surface area contributed by atoms with Gasteiger partial charge in [-0.1, -0.05) is 6.07 Å². The summed E-state index contributed by atoms with van der Waals surface area (Å²) in [6.45, 7) is 6.65. The van der Waals surface area contributed by atoms with E-state index in [4.69, 9.17) is 10.5 Å². The zero-order valence-electron chi connectivity index (χ0n) is 22.8. The number of hydrogen-bond acceptors (Lipinski definition) is 10. The number of hydroxylamine groups is 1. The number of halogens is 3. The van der Waals surface area contributed by atoms with Crippen molar-refractivity contribution in [1.29, 1.82) is 0 Å². The minimum atomic E-state index is -5.39. The molecule has 0 spiro atoms. The van der Waals surface area contributed by atoms with Gasteiger partial charge in [-0.15, -0.1) is 0 Å². The van der Waals surface area contributed by atoms with E-state index in [1.165, 1.54) is 39.0 Å². The van der Waals surface area contributed by atoms with E-state index in [0.717, 1.165) is 6.42 Å². The lowest BCUT2D eigenvalue weighted by Gasteiger charge is -2.32. The molecular formula is C26H31F3N6O5S. The van der Waals surface area contributed by atoms with E-state index in [0.29, 0.717) is 36.0 Å². The predicted octanol–water partition coefficient (Wildman–Crippen LogP) is 4.81. The Balaban J connectivity index is 1.81. The lowest BCUT2D eigenvalue weighted by molar-refractivity contribution is -0.231. The maximum absolute atomic E-state index is 13.3. The summed E-state index contributed by atoms with van der Waals surface area (Å²) in [7, 11) is -4.71. The number of nitrogens with two attached hydrogens (primary N) is 1. The number of sulfonamides is 1. The van der Waals surface area contributed by atoms with E-state index >= 15 is 0 Å². The highest BCUT2D eigenvalue weighted by molar-refractivity contribution is 7.89. The monoisotopic (exact) mass is 596 g/mol. The molecule has 15 heteroatoms. The Morgan fingerprint density at radius 1 is 1.05 bits per heavy atom. The van der Waals surface area contributed by atoms with Crippen molar-refractivity contribution in [3.8, 4) is 5.75 Å². The van der Waals surface area contributed by atoms with Gasteiger partial charge in [0.2, 0.25) is 5.95 Å². The number of rotatable bonds is 11. The summed E-state index contributed by atoms with van der Waals surface area (Å²) in [5.74, 6) is -1.38. The van der Waals surface area contributed by atoms with E-state index in [-0.39, 0.29) is 16.1 Å². The third kappa shape index (κ3) is 8.52. The first-order chi connectivity index (χ1) is 19.1. The van der Waals surface area contributed by atoms with Crippen molar-refractivity contribution in [2.75, 3.05) is 23.8 Å². The van der Waals surface area contributed by atoms with Crippen molar-refractivity contribution < 1.29 is 36.0 Å². The van der Waals surface area contributed by atoms with Gasteiger partial charge in [-0.25, -0.2) is 18.2 Å². The SMILES string of the molecule is Cc1cnc(Nc2ccc(OCCCN)cc2)nc1Nc1cccc(S(=O)(=O)N(OC(=O)C(F)(F)F)C(C)(C)C)c1. The largest absolute Gasteiger partial charge is 0.494 e. The van der Waals surface area contributed by atoms with Crippen molar-refractivity contribution in [3.63, 3.8) is 0 Å². The average Bonchev–Trinajstić information content (AvgIpc) is 2.89. The zero-order valence-corrected chi connectivity index (χ0v) is 23.6. The van der Waals surface area contributed by atoms with Crippen molar-refractivity contribution in [2.45, 2.75) is 50.7 Å². The molecule has 0 aliphatic heterocycles. The predicted molar refractivity (Wildman–Crippen MR) is 146 cm³/mol. The van der Waals surface area contributed by atoms with Crippen LogP contribution in [-0.4, -0.2) is 53.7 Å². The molecule has 4 N–H and O–H groups in total. The summed E-state index contributed by atoms with van der Waals surface area (Å²) >= 11 is 0. The van der Waals surface area contributed by atoms with Crippen LogP contribution in [0.25, 0.3) is 0 Å². The molecule has 11 nitrogen and oxygen atoms in total. The van der Waals surface area contributed by atoms with Gasteiger partial charge < -0.3 is 25.9 Å². The lowest BCUT2D eigenvalue weighted by Crippen LogP contribution is -2.48. The van der Waals surface area contributed by atoms with Gasteiger partial charge in [0.1, 0.15) is 11.6 Å². The van der Waals surface area contributed by atoms with E-state index in [1.54, 1.807) is 43.5 Å². The smallest absolute Gasteiger partial charge is 0.492 e. The summed E-state index contributed by atoms with van der Waals surface area (Å²) in [5.41, 5.74) is 5.52. The second-order valence-electron chi connectivity index (χ2n) is 9.80. The van der Waals surface area contributed by atoms with Crippen LogP contribution in [0.15, 0.2) is 59.6 Å². The van der Waals surface area contributed by atoms with E-state index < -0.39 is 32.6 Å². The summed E-state index contributed by atoms with van der Waals surface area (Å²) in [4.78, 5) is 24.1. The third-order valence-corrected chi connectivity index (χ3v) is 7.17. The number of ether oxygens (including phenoxy) is 1. The van der Waals surface area contributed by atoms with Crippen LogP contribution in [0.5, 0.6) is 5.75 Å². The molecule has 3 aromatic rings. The molecule has 2 aromatic carbocycles. The first-order valence-electron chi connectivity index (χ1n) is 12.4. The maximum Gasteiger partial charge on any atom is 0.492 e. The number of anilines is 4. The average molecular weight is 597 g/mol. The second-order valence-corrected chi connectivity index (χ2v) is 11.6. The molecule has 0 saturated carbocycles. The van der Waals surface area contributed by atoms with Gasteiger partial charge in [0.15, 0.2) is 0 Å². The number of carbonyl (C=O) groups is 1. The highest BCUT2D eigenvalue weighted by Gasteiger charge is 2.47. The quantitative estimate of drug-likeness (QED) is 0.208. The number of nitrogens with zero attached hydrogens (tertiary/aromatic N) is 3. The Bertz CT molecular complexity index is 1460. The van der Waals surface area contributed by atoms with Gasteiger partial charge in [-0.05, 0) is 87.6 Å². The Hall–Kier alpha value is -3.95. The van der Waals surface area contributed by atoms with Crippen LogP contribution in [0.4, 0.5) is 36.3 Å². The van der Waals surface area contributed by atoms with Crippen LogP contribution < -0.4 is 21.1 Å². The fourth-order valence-corrected chi connectivity index (χ4v) is 4.91. The summed E-state index contributed by atoms with van der Waals surface area (Å²) in [6.07, 6.45) is -3.10. The van der Waals surface area contributed by atoms with Crippen LogP contribution in [0.2, 0.25) is 0 Å². The van der Waals surface area contributed by atoms with Crippen molar-refractivity contribution in [1.82, 2.24) is 14.4 Å². The second kappa shape index (κ2) is 12.7. The molecule has 0 fully saturated rings. The Kier molecular flexibility index (Phi) is 9.78. The third-order valence-electron chi connectivity index (χ3n) is 5.26. The molecule has 0 atom stereocenters. The zero-order chi connectivity index (χ0) is 30.4. The number of carbonyl (C=O) groups excluding carboxylic acids is 1. The molecule has 222 valence electrons. The Morgan fingerprint density at radius 3 is 2.34 bits per heavy atom. The van der Waals surface area contributed by atoms with Gasteiger partial charge in [0.25, 0.3) is 10.0 Å². The van der Waals surface area contributed by atoms with Gasteiger partial charge in [-0.2, -0.15) is 18.2 Å². The molecule has 0 radical (unpaired) electrons. The van der Waals surface area contributed by atoms with Crippen LogP contribution >= 0.6 is 0 Å². The van der Waals surface area contributed by atoms with E-state index in [1.807, 2.05) is 0 Å². The van der Waals surface area contributed by atoms with Crippen LogP contribution in [0.1, 0.15) is 32.8 Å². The molecule has 41 heavy (non-hydrogen) atoms. The van der Waals surface area contributed by atoms with Gasteiger partial charge in [0, 0.05) is 23.1 Å². The normalized spacial score (nSPS) is 12.2. The van der Waals surface area contributed by atoms with Crippen molar-refractivity contribution in [3.05, 3.63) is 60.3 Å². The summed E-state index contributed by atoms with van der Waals surface area (Å²) in [6, 6.07) is 12.4. The highest BCUT2D eigenvalue weighted by Crippen LogP contribution is 2.30. The van der Waals surface area contributed by atoms with Gasteiger partial charge >= 0.3 is 12.1 Å². The molecule has 0 bridgehead atoms. The van der Waals surface area contributed by atoms with Crippen LogP contribution in [0, 0.1) is 6.92 Å². The van der Waals surface area contributed by atoms with Crippen LogP contribution in [-0.2, 0) is 19.7 Å². The molecule has 0 saturated heterocycles. The number of alkyl halides is 3. The molecule has 0 aliphatic rings. The topological polar surface area (TPSA) is 149 Å². The number of aryl methyl sites for hydroxylation is 1. The first-order valence-corrected chi connectivity index (χ1v) is 13.8. The number of hydrogen-bond donors (Lipinski definition) is 3. The Labute approximate surface area is 235 Å². The van der Waals surface area contributed by atoms with Crippen LogP contribution in [0.3, 0.4) is 0 Å². The maximum atomic E-state index is 13.3. The van der Waals surface area contributed by atoms with E-state index in [2.05, 4.69) is 25.4 Å². The highest BCUT2D eigenvalue weighted by atomic mass is 32.2. The minimum absolute atomic E-state index is 0.0431. The Morgan fingerprint density at radius 2 is 1.73 bits per heavy atom. The van der Waals surface area contributed by atoms with Gasteiger partial charge in [0.05, 0.1) is 17.0 Å². The lowest BCUT2D eigenvalue weighted by atomic mass is 10.1. The fourth-order valence-electron chi connectivity index (χ4n) is 3.31. The standard InChI is InChI=1S/C26H31F3N6O5S/c1-17-16-31-24(33-18-9-11-20(12-10-18)39-14-6-13-30)34-22(17)32-19-7-5-8-21(15-19)41(37,38)35(25(2,3)4)40-23(36)26(27,28)29/h5,7-12,15-16H,6,13-14,30H2,1-4H3,(H2,31,32,33,34). The minimum Gasteiger partial charge on any atom is -0.494 e. The number of benzene rings is 2. The van der Waals surface area contributed by atoms with Crippen molar-refractivity contribution in [2.24, 2.45) is 5.73 Å². The molecule has 0 amide bonds. The fraction of sp³-hybridized carbons (Fsp3) is 0.346. The number of nitrogens with one attached hydrogen (secondary N) is 2. The van der Waals surface area contributed by atoms with Crippen molar-refractivity contribution >= 4 is 39.1 Å². The molecule has 1 aromatic heterocycles. The number of aromatic nitrogens is 2. The molecular weight excluding hydrogens is 565 g/mol. The van der Waals surface area contributed by atoms with Gasteiger partial charge in [-0.3, -0.25) is 0 Å². The molecule has 3 rings (SSSR count). The molecule has 1 heterocycles. The first kappa shape index (κ1) is 31.6. The molecule has 0 aliphatic carbocycles. The summed E-state index contributed by atoms with van der Waals surface area (Å²) in [5, 5.41) is 6.07. The van der Waals surface area contributed by atoms with E-state index in [9.17, 15) is 26.4 Å².